The highest BCUT2D eigenvalue weighted by Crippen LogP contribution is 2.29. The van der Waals surface area contributed by atoms with E-state index in [9.17, 15) is 4.79 Å². The lowest BCUT2D eigenvalue weighted by Crippen LogP contribution is -2.52. The molecule has 1 heterocycles. The predicted octanol–water partition coefficient (Wildman–Crippen LogP) is 2.07. The summed E-state index contributed by atoms with van der Waals surface area (Å²) in [5.74, 6) is 1.25. The van der Waals surface area contributed by atoms with Crippen LogP contribution in [-0.2, 0) is 0 Å². The molecule has 0 saturated carbocycles. The van der Waals surface area contributed by atoms with E-state index in [0.717, 1.165) is 0 Å². The summed E-state index contributed by atoms with van der Waals surface area (Å²) >= 11 is 6.06. The summed E-state index contributed by atoms with van der Waals surface area (Å²) < 4.78 is 10.8. The average molecular weight is 315 g/mol. The van der Waals surface area contributed by atoms with Gasteiger partial charge in [0.2, 0.25) is 0 Å². The maximum atomic E-state index is 10.9. The van der Waals surface area contributed by atoms with Crippen LogP contribution in [0.5, 0.6) is 11.5 Å². The molecule has 7 heteroatoms. The molecule has 0 aromatic heterocycles. The molecule has 1 aromatic carbocycles. The Balaban J connectivity index is 1.82. The second-order valence-corrected chi connectivity index (χ2v) is 5.22. The van der Waals surface area contributed by atoms with Gasteiger partial charge in [-0.05, 0) is 18.6 Å². The van der Waals surface area contributed by atoms with Crippen LogP contribution in [0.2, 0.25) is 5.02 Å². The number of hydrogen-bond acceptors (Lipinski definition) is 4. The molecule has 2 rings (SSSR count). The van der Waals surface area contributed by atoms with Crippen molar-refractivity contribution in [1.29, 1.82) is 0 Å². The summed E-state index contributed by atoms with van der Waals surface area (Å²) in [5.41, 5.74) is 0. The lowest BCUT2D eigenvalue weighted by atomic mass is 10.1. The van der Waals surface area contributed by atoms with Gasteiger partial charge in [-0.3, -0.25) is 0 Å². The smallest absolute Gasteiger partial charge is 0.407 e. The van der Waals surface area contributed by atoms with Crippen molar-refractivity contribution in [3.05, 3.63) is 23.2 Å². The zero-order valence-electron chi connectivity index (χ0n) is 11.8. The third kappa shape index (κ3) is 4.41. The van der Waals surface area contributed by atoms with Gasteiger partial charge >= 0.3 is 6.09 Å². The summed E-state index contributed by atoms with van der Waals surface area (Å²) in [5, 5.41) is 12.8. The Bertz CT molecular complexity index is 498. The van der Waals surface area contributed by atoms with Crippen molar-refractivity contribution >= 4 is 17.7 Å². The molecule has 1 fully saturated rings. The number of nitrogens with one attached hydrogen (secondary N) is 1. The highest BCUT2D eigenvalue weighted by molar-refractivity contribution is 6.32. The number of halogens is 1. The molecule has 0 radical (unpaired) electrons. The summed E-state index contributed by atoms with van der Waals surface area (Å²) in [6.45, 7) is 2.12. The monoisotopic (exact) mass is 314 g/mol. The van der Waals surface area contributed by atoms with E-state index in [1.165, 1.54) is 4.90 Å². The van der Waals surface area contributed by atoms with E-state index in [-0.39, 0.29) is 6.04 Å². The Morgan fingerprint density at radius 1 is 1.57 bits per heavy atom. The molecule has 1 aliphatic heterocycles. The van der Waals surface area contributed by atoms with Gasteiger partial charge in [0.1, 0.15) is 11.5 Å². The predicted molar refractivity (Wildman–Crippen MR) is 79.5 cm³/mol. The largest absolute Gasteiger partial charge is 0.497 e. The number of benzene rings is 1. The van der Waals surface area contributed by atoms with Crippen LogP contribution in [0.1, 0.15) is 6.42 Å². The molecule has 116 valence electrons. The minimum Gasteiger partial charge on any atom is -0.497 e. The molecule has 0 aliphatic carbocycles. The average Bonchev–Trinajstić information content (AvgIpc) is 2.49. The number of rotatable bonds is 5. The standard InChI is InChI=1S/C14H19ClN2O4/c1-20-11-2-3-12(15)13(8-11)21-7-4-10-9-17(14(18)19)6-5-16-10/h2-3,8,10,16H,4-7,9H2,1H3,(H,18,19). The molecule has 1 aromatic rings. The second-order valence-electron chi connectivity index (χ2n) is 4.81. The van der Waals surface area contributed by atoms with E-state index in [1.807, 2.05) is 0 Å². The number of ether oxygens (including phenoxy) is 2. The Labute approximate surface area is 128 Å². The van der Waals surface area contributed by atoms with Crippen molar-refractivity contribution < 1.29 is 19.4 Å². The van der Waals surface area contributed by atoms with Gasteiger partial charge in [0.05, 0.1) is 18.7 Å². The van der Waals surface area contributed by atoms with E-state index in [1.54, 1.807) is 25.3 Å². The van der Waals surface area contributed by atoms with E-state index >= 15 is 0 Å². The lowest BCUT2D eigenvalue weighted by Gasteiger charge is -2.31. The highest BCUT2D eigenvalue weighted by Gasteiger charge is 2.22. The van der Waals surface area contributed by atoms with Gasteiger partial charge in [-0.2, -0.15) is 0 Å². The Morgan fingerprint density at radius 2 is 2.38 bits per heavy atom. The quantitative estimate of drug-likeness (QED) is 0.870. The van der Waals surface area contributed by atoms with Gasteiger partial charge in [-0.15, -0.1) is 0 Å². The van der Waals surface area contributed by atoms with Gasteiger partial charge in [-0.25, -0.2) is 4.79 Å². The third-order valence-electron chi connectivity index (χ3n) is 3.39. The number of methoxy groups -OCH3 is 1. The molecule has 1 amide bonds. The van der Waals surface area contributed by atoms with Gasteiger partial charge in [0.25, 0.3) is 0 Å². The fourth-order valence-electron chi connectivity index (χ4n) is 2.22. The first-order valence-electron chi connectivity index (χ1n) is 6.77. The van der Waals surface area contributed by atoms with Crippen LogP contribution in [0.15, 0.2) is 18.2 Å². The van der Waals surface area contributed by atoms with Crippen LogP contribution in [-0.4, -0.2) is 55.5 Å². The maximum Gasteiger partial charge on any atom is 0.407 e. The zero-order valence-corrected chi connectivity index (χ0v) is 12.6. The second kappa shape index (κ2) is 7.38. The first kappa shape index (κ1) is 15.7. The first-order chi connectivity index (χ1) is 10.1. The van der Waals surface area contributed by atoms with Crippen molar-refractivity contribution in [3.63, 3.8) is 0 Å². The number of hydrogen-bond donors (Lipinski definition) is 2. The Kier molecular flexibility index (Phi) is 5.52. The molecule has 1 saturated heterocycles. The molecular formula is C14H19ClN2O4. The fourth-order valence-corrected chi connectivity index (χ4v) is 2.40. The van der Waals surface area contributed by atoms with Crippen molar-refractivity contribution in [2.75, 3.05) is 33.4 Å². The Morgan fingerprint density at radius 3 is 3.10 bits per heavy atom. The maximum absolute atomic E-state index is 10.9. The lowest BCUT2D eigenvalue weighted by molar-refractivity contribution is 0.124. The van der Waals surface area contributed by atoms with E-state index < -0.39 is 6.09 Å². The van der Waals surface area contributed by atoms with Crippen molar-refractivity contribution in [3.8, 4) is 11.5 Å². The normalized spacial score (nSPS) is 18.4. The molecule has 0 bridgehead atoms. The third-order valence-corrected chi connectivity index (χ3v) is 3.70. The molecule has 1 atom stereocenters. The zero-order chi connectivity index (χ0) is 15.2. The first-order valence-corrected chi connectivity index (χ1v) is 7.15. The molecule has 21 heavy (non-hydrogen) atoms. The number of nitrogens with zero attached hydrogens (tertiary/aromatic N) is 1. The van der Waals surface area contributed by atoms with Gasteiger partial charge in [0, 0.05) is 31.7 Å². The van der Waals surface area contributed by atoms with Crippen LogP contribution in [0.25, 0.3) is 0 Å². The fraction of sp³-hybridized carbons (Fsp3) is 0.500. The molecule has 1 aliphatic rings. The summed E-state index contributed by atoms with van der Waals surface area (Å²) in [6.07, 6.45) is -0.171. The SMILES string of the molecule is COc1ccc(Cl)c(OCCC2CN(C(=O)O)CCN2)c1. The molecule has 1 unspecified atom stereocenters. The minimum absolute atomic E-state index is 0.0965. The van der Waals surface area contributed by atoms with E-state index in [0.29, 0.717) is 49.2 Å². The van der Waals surface area contributed by atoms with Crippen LogP contribution < -0.4 is 14.8 Å². The molecule has 2 N–H and O–H groups in total. The number of carbonyl (C=O) groups is 1. The van der Waals surface area contributed by atoms with Gasteiger partial charge in [-0.1, -0.05) is 11.6 Å². The summed E-state index contributed by atoms with van der Waals surface area (Å²) in [4.78, 5) is 12.4. The Hall–Kier alpha value is -1.66. The summed E-state index contributed by atoms with van der Waals surface area (Å²) in [7, 11) is 1.58. The van der Waals surface area contributed by atoms with Gasteiger partial charge < -0.3 is 24.8 Å². The topological polar surface area (TPSA) is 71.0 Å². The van der Waals surface area contributed by atoms with Crippen LogP contribution >= 0.6 is 11.6 Å². The molecular weight excluding hydrogens is 296 g/mol. The number of amides is 1. The molecule has 0 spiro atoms. The van der Waals surface area contributed by atoms with Crippen molar-refractivity contribution in [2.24, 2.45) is 0 Å². The summed E-state index contributed by atoms with van der Waals surface area (Å²) in [6, 6.07) is 5.32. The van der Waals surface area contributed by atoms with Crippen molar-refractivity contribution in [2.45, 2.75) is 12.5 Å². The number of piperazine rings is 1. The van der Waals surface area contributed by atoms with Gasteiger partial charge in [0.15, 0.2) is 0 Å². The van der Waals surface area contributed by atoms with Crippen LogP contribution in [0.4, 0.5) is 4.79 Å². The highest BCUT2D eigenvalue weighted by atomic mass is 35.5. The van der Waals surface area contributed by atoms with E-state index in [4.69, 9.17) is 26.2 Å². The van der Waals surface area contributed by atoms with E-state index in [2.05, 4.69) is 5.32 Å². The van der Waals surface area contributed by atoms with Crippen molar-refractivity contribution in [1.82, 2.24) is 10.2 Å². The minimum atomic E-state index is -0.877. The number of carboxylic acid groups (broad SMARTS) is 1. The molecule has 6 nitrogen and oxygen atoms in total. The van der Waals surface area contributed by atoms with Crippen LogP contribution in [0, 0.1) is 0 Å². The van der Waals surface area contributed by atoms with Crippen LogP contribution in [0.3, 0.4) is 0 Å².